The Kier molecular flexibility index (Phi) is 10.3. The summed E-state index contributed by atoms with van der Waals surface area (Å²) in [5.74, 6) is 0. The van der Waals surface area contributed by atoms with Gasteiger partial charge < -0.3 is 4.74 Å². The molecular formula is C26H44O2. The van der Waals surface area contributed by atoms with E-state index in [-0.39, 0.29) is 5.60 Å². The topological polar surface area (TPSA) is 26.3 Å². The van der Waals surface area contributed by atoms with Crippen molar-refractivity contribution in [2.45, 2.75) is 118 Å². The van der Waals surface area contributed by atoms with Gasteiger partial charge in [0, 0.05) is 0 Å². The molecule has 0 aliphatic rings. The van der Waals surface area contributed by atoms with Gasteiger partial charge in [-0.25, -0.2) is 0 Å². The van der Waals surface area contributed by atoms with Crippen LogP contribution in [0, 0.1) is 19.3 Å². The minimum Gasteiger partial charge on any atom is -0.462 e. The molecule has 0 spiro atoms. The Balaban J connectivity index is 2.45. The quantitative estimate of drug-likeness (QED) is 0.258. The van der Waals surface area contributed by atoms with Gasteiger partial charge in [-0.15, -0.1) is 0 Å². The van der Waals surface area contributed by atoms with Crippen LogP contribution in [0.4, 0.5) is 0 Å². The Hall–Kier alpha value is -1.31. The lowest BCUT2D eigenvalue weighted by Crippen LogP contribution is -2.23. The van der Waals surface area contributed by atoms with Gasteiger partial charge >= 0.3 is 0 Å². The maximum Gasteiger partial charge on any atom is 0.293 e. The Morgan fingerprint density at radius 1 is 0.821 bits per heavy atom. The van der Waals surface area contributed by atoms with Crippen LogP contribution in [0.15, 0.2) is 12.1 Å². The molecule has 0 amide bonds. The summed E-state index contributed by atoms with van der Waals surface area (Å²) in [5.41, 5.74) is 6.16. The Morgan fingerprint density at radius 3 is 2.04 bits per heavy atom. The van der Waals surface area contributed by atoms with E-state index < -0.39 is 0 Å². The van der Waals surface area contributed by atoms with Crippen molar-refractivity contribution < 1.29 is 9.53 Å². The van der Waals surface area contributed by atoms with Crippen LogP contribution in [0.2, 0.25) is 0 Å². The average Bonchev–Trinajstić information content (AvgIpc) is 2.57. The molecule has 28 heavy (non-hydrogen) atoms. The Bertz CT molecular complexity index is 593. The summed E-state index contributed by atoms with van der Waals surface area (Å²) in [6.07, 6.45) is 12.1. The van der Waals surface area contributed by atoms with Crippen LogP contribution in [0.3, 0.4) is 0 Å². The average molecular weight is 389 g/mol. The van der Waals surface area contributed by atoms with Crippen molar-refractivity contribution in [3.63, 3.8) is 0 Å². The zero-order valence-electron chi connectivity index (χ0n) is 19.6. The summed E-state index contributed by atoms with van der Waals surface area (Å²) >= 11 is 0. The van der Waals surface area contributed by atoms with Crippen molar-refractivity contribution in [3.8, 4) is 0 Å². The molecular weight excluding hydrogens is 344 g/mol. The van der Waals surface area contributed by atoms with Gasteiger partial charge in [-0.05, 0) is 100 Å². The van der Waals surface area contributed by atoms with Crippen molar-refractivity contribution in [2.24, 2.45) is 5.41 Å². The standard InChI is InChI=1S/C26H44O2/c1-21-16-17-23(14-10-8-12-18-25(3,4)5)22(2)24(21)15-11-9-13-19-26(6,7)28-20-27/h16-17,20H,8-15,18-19H2,1-7H3. The van der Waals surface area contributed by atoms with E-state index in [0.717, 1.165) is 19.3 Å². The first-order valence-electron chi connectivity index (χ1n) is 11.3. The second-order valence-corrected chi connectivity index (χ2v) is 10.3. The summed E-state index contributed by atoms with van der Waals surface area (Å²) in [5, 5.41) is 0. The van der Waals surface area contributed by atoms with Gasteiger partial charge in [-0.1, -0.05) is 52.2 Å². The molecule has 2 heteroatoms. The van der Waals surface area contributed by atoms with Gasteiger partial charge in [-0.2, -0.15) is 0 Å². The summed E-state index contributed by atoms with van der Waals surface area (Å²) in [6.45, 7) is 16.1. The fraction of sp³-hybridized carbons (Fsp3) is 0.731. The number of aryl methyl sites for hydroxylation is 2. The van der Waals surface area contributed by atoms with Gasteiger partial charge in [0.15, 0.2) is 0 Å². The van der Waals surface area contributed by atoms with Crippen LogP contribution < -0.4 is 0 Å². The molecule has 1 aromatic carbocycles. The molecule has 1 rings (SSSR count). The molecule has 0 bridgehead atoms. The smallest absolute Gasteiger partial charge is 0.293 e. The third-order valence-electron chi connectivity index (χ3n) is 5.89. The number of carbonyl (C=O) groups is 1. The Labute approximate surface area is 174 Å². The van der Waals surface area contributed by atoms with Crippen molar-refractivity contribution >= 4 is 6.47 Å². The number of ether oxygens (including phenoxy) is 1. The van der Waals surface area contributed by atoms with Crippen LogP contribution >= 0.6 is 0 Å². The normalized spacial score (nSPS) is 12.2. The van der Waals surface area contributed by atoms with Crippen molar-refractivity contribution in [1.29, 1.82) is 0 Å². The van der Waals surface area contributed by atoms with E-state index in [9.17, 15) is 4.79 Å². The fourth-order valence-electron chi connectivity index (χ4n) is 3.96. The van der Waals surface area contributed by atoms with E-state index in [4.69, 9.17) is 4.74 Å². The highest BCUT2D eigenvalue weighted by molar-refractivity contribution is 5.40. The highest BCUT2D eigenvalue weighted by Gasteiger charge is 2.17. The molecule has 0 aliphatic carbocycles. The molecule has 0 aliphatic heterocycles. The van der Waals surface area contributed by atoms with Gasteiger partial charge in [-0.3, -0.25) is 4.79 Å². The molecule has 0 saturated carbocycles. The third-order valence-corrected chi connectivity index (χ3v) is 5.89. The molecule has 0 heterocycles. The van der Waals surface area contributed by atoms with Crippen LogP contribution in [0.1, 0.15) is 108 Å². The molecule has 0 atom stereocenters. The summed E-state index contributed by atoms with van der Waals surface area (Å²) < 4.78 is 5.14. The highest BCUT2D eigenvalue weighted by atomic mass is 16.5. The van der Waals surface area contributed by atoms with E-state index in [2.05, 4.69) is 46.8 Å². The summed E-state index contributed by atoms with van der Waals surface area (Å²) in [4.78, 5) is 10.5. The second kappa shape index (κ2) is 11.6. The first kappa shape index (κ1) is 24.7. The predicted octanol–water partition coefficient (Wildman–Crippen LogP) is 7.51. The number of unbranched alkanes of at least 4 members (excludes halogenated alkanes) is 4. The zero-order valence-corrected chi connectivity index (χ0v) is 19.6. The molecule has 2 nitrogen and oxygen atoms in total. The van der Waals surface area contributed by atoms with E-state index in [1.165, 1.54) is 61.6 Å². The minimum atomic E-state index is -0.333. The Morgan fingerprint density at radius 2 is 1.43 bits per heavy atom. The minimum absolute atomic E-state index is 0.333. The van der Waals surface area contributed by atoms with Crippen LogP contribution in [-0.2, 0) is 22.4 Å². The molecule has 0 N–H and O–H groups in total. The SMILES string of the molecule is Cc1ccc(CCCCCC(C)(C)C)c(C)c1CCCCCC(C)(C)OC=O. The van der Waals surface area contributed by atoms with Crippen LogP contribution in [-0.4, -0.2) is 12.1 Å². The summed E-state index contributed by atoms with van der Waals surface area (Å²) in [7, 11) is 0. The lowest BCUT2D eigenvalue weighted by Gasteiger charge is -2.22. The number of carbonyl (C=O) groups excluding carboxylic acids is 1. The molecule has 1 aromatic rings. The van der Waals surface area contributed by atoms with Crippen LogP contribution in [0.5, 0.6) is 0 Å². The van der Waals surface area contributed by atoms with Gasteiger partial charge in [0.05, 0.1) is 0 Å². The van der Waals surface area contributed by atoms with E-state index in [1.54, 1.807) is 5.56 Å². The van der Waals surface area contributed by atoms with Crippen molar-refractivity contribution in [2.75, 3.05) is 0 Å². The van der Waals surface area contributed by atoms with Gasteiger partial charge in [0.25, 0.3) is 6.47 Å². The van der Waals surface area contributed by atoms with E-state index in [1.807, 2.05) is 13.8 Å². The largest absolute Gasteiger partial charge is 0.462 e. The van der Waals surface area contributed by atoms with Crippen molar-refractivity contribution in [3.05, 3.63) is 34.4 Å². The first-order chi connectivity index (χ1) is 13.1. The fourth-order valence-corrected chi connectivity index (χ4v) is 3.96. The number of benzene rings is 1. The van der Waals surface area contributed by atoms with E-state index >= 15 is 0 Å². The number of hydrogen-bond donors (Lipinski definition) is 0. The number of hydrogen-bond acceptors (Lipinski definition) is 2. The summed E-state index contributed by atoms with van der Waals surface area (Å²) in [6, 6.07) is 4.66. The first-order valence-corrected chi connectivity index (χ1v) is 11.3. The third kappa shape index (κ3) is 9.75. The highest BCUT2D eigenvalue weighted by Crippen LogP contribution is 2.25. The van der Waals surface area contributed by atoms with Crippen molar-refractivity contribution in [1.82, 2.24) is 0 Å². The second-order valence-electron chi connectivity index (χ2n) is 10.3. The number of rotatable bonds is 13. The van der Waals surface area contributed by atoms with Crippen LogP contribution in [0.25, 0.3) is 0 Å². The zero-order chi connectivity index (χ0) is 21.2. The molecule has 0 radical (unpaired) electrons. The molecule has 0 saturated heterocycles. The maximum atomic E-state index is 10.5. The monoisotopic (exact) mass is 388 g/mol. The molecule has 0 fully saturated rings. The lowest BCUT2D eigenvalue weighted by molar-refractivity contribution is -0.140. The molecule has 160 valence electrons. The van der Waals surface area contributed by atoms with Gasteiger partial charge in [0.2, 0.25) is 0 Å². The molecule has 0 aromatic heterocycles. The predicted molar refractivity (Wildman–Crippen MR) is 121 cm³/mol. The lowest BCUT2D eigenvalue weighted by atomic mass is 9.88. The maximum absolute atomic E-state index is 10.5. The van der Waals surface area contributed by atoms with E-state index in [0.29, 0.717) is 11.9 Å². The molecule has 0 unspecified atom stereocenters. The van der Waals surface area contributed by atoms with Gasteiger partial charge in [0.1, 0.15) is 5.60 Å².